The normalized spacial score (nSPS) is 11.7. The molecular formula is C21H11F4NO3. The van der Waals surface area contributed by atoms with E-state index in [4.69, 9.17) is 4.42 Å². The molecule has 4 nitrogen and oxygen atoms in total. The number of aromatic nitrogens is 1. The quantitative estimate of drug-likeness (QED) is 0.427. The van der Waals surface area contributed by atoms with Gasteiger partial charge in [0.25, 0.3) is 0 Å². The van der Waals surface area contributed by atoms with E-state index in [2.05, 4.69) is 4.98 Å². The summed E-state index contributed by atoms with van der Waals surface area (Å²) in [5.41, 5.74) is -0.869. The molecule has 0 bridgehead atoms. The van der Waals surface area contributed by atoms with Gasteiger partial charge in [-0.1, -0.05) is 18.2 Å². The van der Waals surface area contributed by atoms with Crippen molar-refractivity contribution in [1.82, 2.24) is 4.98 Å². The third-order valence-corrected chi connectivity index (χ3v) is 4.36. The van der Waals surface area contributed by atoms with Gasteiger partial charge in [-0.05, 0) is 42.5 Å². The maximum absolute atomic E-state index is 13.5. The highest BCUT2D eigenvalue weighted by atomic mass is 19.4. The molecular weight excluding hydrogens is 390 g/mol. The van der Waals surface area contributed by atoms with Gasteiger partial charge in [-0.3, -0.25) is 0 Å². The fourth-order valence-electron chi connectivity index (χ4n) is 3.07. The molecule has 4 rings (SSSR count). The first kappa shape index (κ1) is 18.7. The van der Waals surface area contributed by atoms with Crippen LogP contribution in [0.15, 0.2) is 65.1 Å². The molecule has 0 aliphatic heterocycles. The van der Waals surface area contributed by atoms with Crippen molar-refractivity contribution in [1.29, 1.82) is 0 Å². The van der Waals surface area contributed by atoms with Crippen molar-refractivity contribution < 1.29 is 31.9 Å². The molecule has 29 heavy (non-hydrogen) atoms. The number of fused-ring (bicyclic) bond motifs is 1. The topological polar surface area (TPSA) is 63.3 Å². The Balaban J connectivity index is 1.85. The SMILES string of the molecule is O=C(O)c1cc(-c2ccc(-c3ccccc3C(F)(F)F)o2)nc2ccc(F)cc12. The summed E-state index contributed by atoms with van der Waals surface area (Å²) in [5, 5.41) is 9.56. The summed E-state index contributed by atoms with van der Waals surface area (Å²) in [5.74, 6) is -1.85. The predicted molar refractivity (Wildman–Crippen MR) is 96.8 cm³/mol. The number of alkyl halides is 3. The second-order valence-corrected chi connectivity index (χ2v) is 6.23. The number of halogens is 4. The maximum Gasteiger partial charge on any atom is 0.417 e. The van der Waals surface area contributed by atoms with Crippen LogP contribution >= 0.6 is 0 Å². The molecule has 4 aromatic rings. The van der Waals surface area contributed by atoms with Gasteiger partial charge in [-0.15, -0.1) is 0 Å². The number of furan rings is 1. The Labute approximate surface area is 161 Å². The monoisotopic (exact) mass is 401 g/mol. The first-order valence-corrected chi connectivity index (χ1v) is 8.34. The fourth-order valence-corrected chi connectivity index (χ4v) is 3.07. The van der Waals surface area contributed by atoms with Gasteiger partial charge in [0.2, 0.25) is 0 Å². The molecule has 0 spiro atoms. The van der Waals surface area contributed by atoms with Gasteiger partial charge in [0.05, 0.1) is 16.6 Å². The second kappa shape index (κ2) is 6.73. The number of nitrogens with zero attached hydrogens (tertiary/aromatic N) is 1. The third-order valence-electron chi connectivity index (χ3n) is 4.36. The molecule has 0 saturated carbocycles. The van der Waals surface area contributed by atoms with E-state index in [1.807, 2.05) is 0 Å². The molecule has 0 amide bonds. The van der Waals surface area contributed by atoms with E-state index >= 15 is 0 Å². The number of carboxylic acids is 1. The van der Waals surface area contributed by atoms with Gasteiger partial charge < -0.3 is 9.52 Å². The van der Waals surface area contributed by atoms with Crippen molar-refractivity contribution >= 4 is 16.9 Å². The van der Waals surface area contributed by atoms with Gasteiger partial charge in [0.1, 0.15) is 17.3 Å². The molecule has 8 heteroatoms. The number of carbonyl (C=O) groups is 1. The van der Waals surface area contributed by atoms with Crippen LogP contribution in [0.25, 0.3) is 33.7 Å². The molecule has 0 radical (unpaired) electrons. The van der Waals surface area contributed by atoms with Crippen LogP contribution in [0.3, 0.4) is 0 Å². The maximum atomic E-state index is 13.5. The van der Waals surface area contributed by atoms with Crippen molar-refractivity contribution in [2.45, 2.75) is 6.18 Å². The molecule has 0 saturated heterocycles. The molecule has 0 unspecified atom stereocenters. The highest BCUT2D eigenvalue weighted by molar-refractivity contribution is 6.03. The summed E-state index contributed by atoms with van der Waals surface area (Å²) in [6, 6.07) is 12.4. The van der Waals surface area contributed by atoms with Crippen molar-refractivity contribution in [2.75, 3.05) is 0 Å². The van der Waals surface area contributed by atoms with E-state index in [0.717, 1.165) is 18.2 Å². The molecule has 2 heterocycles. The fraction of sp³-hybridized carbons (Fsp3) is 0.0476. The average molecular weight is 401 g/mol. The largest absolute Gasteiger partial charge is 0.478 e. The minimum absolute atomic E-state index is 0.0363. The van der Waals surface area contributed by atoms with Crippen LogP contribution in [0.5, 0.6) is 0 Å². The predicted octanol–water partition coefficient (Wildman–Crippen LogP) is 6.02. The van der Waals surface area contributed by atoms with Crippen LogP contribution in [0.4, 0.5) is 17.6 Å². The number of carboxylic acid groups (broad SMARTS) is 1. The standard InChI is InChI=1S/C21H11F4NO3/c22-11-5-6-16-13(9-11)14(20(27)28)10-17(26-16)19-8-7-18(29-19)12-3-1-2-4-15(12)21(23,24)25/h1-10H,(H,27,28). The lowest BCUT2D eigenvalue weighted by molar-refractivity contribution is -0.137. The lowest BCUT2D eigenvalue weighted by Gasteiger charge is -2.10. The highest BCUT2D eigenvalue weighted by Crippen LogP contribution is 2.38. The second-order valence-electron chi connectivity index (χ2n) is 6.23. The van der Waals surface area contributed by atoms with Crippen LogP contribution < -0.4 is 0 Å². The summed E-state index contributed by atoms with van der Waals surface area (Å²) < 4.78 is 58.9. The first-order chi connectivity index (χ1) is 13.7. The molecule has 0 atom stereocenters. The van der Waals surface area contributed by atoms with Crippen molar-refractivity contribution in [3.8, 4) is 22.8 Å². The van der Waals surface area contributed by atoms with Gasteiger partial charge in [-0.25, -0.2) is 14.2 Å². The number of aromatic carboxylic acids is 1. The van der Waals surface area contributed by atoms with E-state index in [1.54, 1.807) is 0 Å². The van der Waals surface area contributed by atoms with Gasteiger partial charge in [0, 0.05) is 10.9 Å². The minimum atomic E-state index is -4.56. The first-order valence-electron chi connectivity index (χ1n) is 8.34. The number of rotatable bonds is 3. The zero-order valence-corrected chi connectivity index (χ0v) is 14.5. The third kappa shape index (κ3) is 3.44. The smallest absolute Gasteiger partial charge is 0.417 e. The number of hydrogen-bond acceptors (Lipinski definition) is 3. The van der Waals surface area contributed by atoms with Gasteiger partial charge in [-0.2, -0.15) is 13.2 Å². The van der Waals surface area contributed by atoms with Crippen molar-refractivity contribution in [3.05, 3.63) is 77.6 Å². The van der Waals surface area contributed by atoms with E-state index in [-0.39, 0.29) is 39.2 Å². The average Bonchev–Trinajstić information content (AvgIpc) is 3.16. The summed E-state index contributed by atoms with van der Waals surface area (Å²) >= 11 is 0. The lowest BCUT2D eigenvalue weighted by Crippen LogP contribution is -2.06. The molecule has 0 aliphatic rings. The minimum Gasteiger partial charge on any atom is -0.478 e. The van der Waals surface area contributed by atoms with E-state index in [1.165, 1.54) is 42.5 Å². The van der Waals surface area contributed by atoms with Crippen LogP contribution in [0, 0.1) is 5.82 Å². The molecule has 0 aliphatic carbocycles. The zero-order chi connectivity index (χ0) is 20.8. The van der Waals surface area contributed by atoms with E-state index in [9.17, 15) is 27.5 Å². The Morgan fingerprint density at radius 3 is 2.41 bits per heavy atom. The number of benzene rings is 2. The summed E-state index contributed by atoms with van der Waals surface area (Å²) in [6.07, 6.45) is -4.56. The van der Waals surface area contributed by atoms with Gasteiger partial charge >= 0.3 is 12.1 Å². The molecule has 1 N–H and O–H groups in total. The Kier molecular flexibility index (Phi) is 4.34. The Bertz CT molecular complexity index is 1240. The highest BCUT2D eigenvalue weighted by Gasteiger charge is 2.34. The molecule has 146 valence electrons. The van der Waals surface area contributed by atoms with E-state index < -0.39 is 23.5 Å². The summed E-state index contributed by atoms with van der Waals surface area (Å²) in [7, 11) is 0. The van der Waals surface area contributed by atoms with E-state index in [0.29, 0.717) is 0 Å². The molecule has 2 aromatic carbocycles. The molecule has 0 fully saturated rings. The van der Waals surface area contributed by atoms with Crippen LogP contribution in [-0.2, 0) is 6.18 Å². The summed E-state index contributed by atoms with van der Waals surface area (Å²) in [4.78, 5) is 15.8. The number of pyridine rings is 1. The zero-order valence-electron chi connectivity index (χ0n) is 14.5. The van der Waals surface area contributed by atoms with Crippen LogP contribution in [0.2, 0.25) is 0 Å². The Morgan fingerprint density at radius 2 is 1.69 bits per heavy atom. The lowest BCUT2D eigenvalue weighted by atomic mass is 10.1. The Morgan fingerprint density at radius 1 is 0.966 bits per heavy atom. The van der Waals surface area contributed by atoms with Crippen LogP contribution in [-0.4, -0.2) is 16.1 Å². The number of hydrogen-bond donors (Lipinski definition) is 1. The van der Waals surface area contributed by atoms with Crippen LogP contribution in [0.1, 0.15) is 15.9 Å². The Hall–Kier alpha value is -3.68. The van der Waals surface area contributed by atoms with Crippen molar-refractivity contribution in [3.63, 3.8) is 0 Å². The molecule has 2 aromatic heterocycles. The summed E-state index contributed by atoms with van der Waals surface area (Å²) in [6.45, 7) is 0. The van der Waals surface area contributed by atoms with Gasteiger partial charge in [0.15, 0.2) is 5.76 Å². The van der Waals surface area contributed by atoms with Crippen molar-refractivity contribution in [2.24, 2.45) is 0 Å².